The van der Waals surface area contributed by atoms with Crippen LogP contribution in [0.2, 0.25) is 5.02 Å². The number of nitrogens with one attached hydrogen (secondary N) is 1. The molecule has 1 amide bonds. The van der Waals surface area contributed by atoms with Gasteiger partial charge in [0.25, 0.3) is 11.6 Å². The number of nitro groups is 1. The fraction of sp³-hybridized carbons (Fsp3) is 0.0909. The fourth-order valence-electron chi connectivity index (χ4n) is 1.57. The van der Waals surface area contributed by atoms with E-state index in [-0.39, 0.29) is 16.3 Å². The quantitative estimate of drug-likeness (QED) is 0.509. The number of amides is 1. The van der Waals surface area contributed by atoms with Crippen LogP contribution in [0.4, 0.5) is 17.2 Å². The maximum atomic E-state index is 12.0. The highest BCUT2D eigenvalue weighted by Crippen LogP contribution is 2.31. The van der Waals surface area contributed by atoms with Crippen molar-refractivity contribution >= 4 is 34.7 Å². The van der Waals surface area contributed by atoms with Crippen LogP contribution in [0.3, 0.4) is 0 Å². The summed E-state index contributed by atoms with van der Waals surface area (Å²) in [4.78, 5) is 22.2. The van der Waals surface area contributed by atoms with Gasteiger partial charge in [-0.2, -0.15) is 5.10 Å². The number of halogens is 1. The third-order valence-corrected chi connectivity index (χ3v) is 2.94. The molecule has 0 saturated carbocycles. The molecule has 104 valence electrons. The first-order valence-electron chi connectivity index (χ1n) is 5.43. The van der Waals surface area contributed by atoms with Crippen molar-refractivity contribution in [2.24, 2.45) is 7.05 Å². The van der Waals surface area contributed by atoms with Crippen molar-refractivity contribution in [1.29, 1.82) is 0 Å². The van der Waals surface area contributed by atoms with Gasteiger partial charge in [0.2, 0.25) is 0 Å². The van der Waals surface area contributed by atoms with Gasteiger partial charge < -0.3 is 11.1 Å². The summed E-state index contributed by atoms with van der Waals surface area (Å²) in [6, 6.07) is 3.94. The lowest BCUT2D eigenvalue weighted by molar-refractivity contribution is -0.383. The predicted octanol–water partition coefficient (Wildman–Crippen LogP) is 1.82. The molecule has 9 heteroatoms. The number of carbonyl (C=O) groups is 1. The van der Waals surface area contributed by atoms with E-state index in [1.165, 1.54) is 16.9 Å². The van der Waals surface area contributed by atoms with Gasteiger partial charge in [0, 0.05) is 24.7 Å². The van der Waals surface area contributed by atoms with Crippen LogP contribution in [0.15, 0.2) is 24.4 Å². The molecular formula is C11H10ClN5O3. The standard InChI is InChI=1S/C11H10ClN5O3/c1-16-9(2-3-14-16)15-11(18)6-4-7(12)10(13)8(5-6)17(19)20/h2-5H,13H2,1H3,(H,15,18). The number of hydrogen-bond acceptors (Lipinski definition) is 5. The molecule has 0 atom stereocenters. The van der Waals surface area contributed by atoms with Crippen LogP contribution in [0.25, 0.3) is 0 Å². The van der Waals surface area contributed by atoms with Crippen molar-refractivity contribution in [2.75, 3.05) is 11.1 Å². The molecule has 1 aromatic heterocycles. The molecule has 2 aromatic rings. The van der Waals surface area contributed by atoms with E-state index in [0.717, 1.165) is 6.07 Å². The Balaban J connectivity index is 2.36. The zero-order valence-electron chi connectivity index (χ0n) is 10.3. The van der Waals surface area contributed by atoms with Crippen molar-refractivity contribution in [3.63, 3.8) is 0 Å². The number of aryl methyl sites for hydroxylation is 1. The summed E-state index contributed by atoms with van der Waals surface area (Å²) in [6.45, 7) is 0. The molecule has 3 N–H and O–H groups in total. The van der Waals surface area contributed by atoms with Gasteiger partial charge in [-0.25, -0.2) is 0 Å². The molecule has 1 heterocycles. The van der Waals surface area contributed by atoms with Gasteiger partial charge in [-0.3, -0.25) is 19.6 Å². The van der Waals surface area contributed by atoms with Gasteiger partial charge in [-0.15, -0.1) is 0 Å². The van der Waals surface area contributed by atoms with Gasteiger partial charge in [-0.05, 0) is 6.07 Å². The average molecular weight is 296 g/mol. The number of nitrogen functional groups attached to an aromatic ring is 1. The molecule has 0 aliphatic rings. The van der Waals surface area contributed by atoms with E-state index in [2.05, 4.69) is 10.4 Å². The molecule has 0 radical (unpaired) electrons. The maximum absolute atomic E-state index is 12.0. The highest BCUT2D eigenvalue weighted by molar-refractivity contribution is 6.34. The zero-order chi connectivity index (χ0) is 14.9. The van der Waals surface area contributed by atoms with Crippen LogP contribution in [-0.4, -0.2) is 20.6 Å². The molecule has 20 heavy (non-hydrogen) atoms. The largest absolute Gasteiger partial charge is 0.392 e. The Hall–Kier alpha value is -2.61. The van der Waals surface area contributed by atoms with E-state index in [9.17, 15) is 14.9 Å². The highest BCUT2D eigenvalue weighted by Gasteiger charge is 2.19. The van der Waals surface area contributed by atoms with E-state index in [1.807, 2.05) is 0 Å². The fourth-order valence-corrected chi connectivity index (χ4v) is 1.78. The van der Waals surface area contributed by atoms with Gasteiger partial charge >= 0.3 is 0 Å². The van der Waals surface area contributed by atoms with Crippen LogP contribution >= 0.6 is 11.6 Å². The lowest BCUT2D eigenvalue weighted by Gasteiger charge is -2.07. The Morgan fingerprint density at radius 3 is 2.80 bits per heavy atom. The van der Waals surface area contributed by atoms with Crippen LogP contribution in [0.5, 0.6) is 0 Å². The summed E-state index contributed by atoms with van der Waals surface area (Å²) in [5, 5.41) is 17.2. The van der Waals surface area contributed by atoms with E-state index >= 15 is 0 Å². The monoisotopic (exact) mass is 295 g/mol. The molecule has 2 rings (SSSR count). The third-order valence-electron chi connectivity index (χ3n) is 2.63. The molecule has 0 saturated heterocycles. The number of aromatic nitrogens is 2. The molecule has 0 bridgehead atoms. The molecular weight excluding hydrogens is 286 g/mol. The zero-order valence-corrected chi connectivity index (χ0v) is 11.1. The number of anilines is 2. The molecule has 0 unspecified atom stereocenters. The minimum absolute atomic E-state index is 0.0390. The Kier molecular flexibility index (Phi) is 3.57. The van der Waals surface area contributed by atoms with Crippen LogP contribution < -0.4 is 11.1 Å². The Morgan fingerprint density at radius 1 is 1.55 bits per heavy atom. The van der Waals surface area contributed by atoms with Crippen LogP contribution in [0, 0.1) is 10.1 Å². The number of carbonyl (C=O) groups excluding carboxylic acids is 1. The summed E-state index contributed by atoms with van der Waals surface area (Å²) < 4.78 is 1.45. The second kappa shape index (κ2) is 5.17. The first-order chi connectivity index (χ1) is 9.40. The number of benzene rings is 1. The van der Waals surface area contributed by atoms with Crippen molar-refractivity contribution in [3.8, 4) is 0 Å². The molecule has 0 aliphatic carbocycles. The van der Waals surface area contributed by atoms with Gasteiger partial charge in [0.05, 0.1) is 16.1 Å². The predicted molar refractivity (Wildman–Crippen MR) is 73.7 cm³/mol. The Bertz CT molecular complexity index is 697. The third kappa shape index (κ3) is 2.54. The lowest BCUT2D eigenvalue weighted by Crippen LogP contribution is -2.15. The molecule has 8 nitrogen and oxygen atoms in total. The number of nitro benzene ring substituents is 1. The second-order valence-electron chi connectivity index (χ2n) is 3.94. The number of rotatable bonds is 3. The Morgan fingerprint density at radius 2 is 2.25 bits per heavy atom. The molecule has 0 aliphatic heterocycles. The summed E-state index contributed by atoms with van der Waals surface area (Å²) in [6.07, 6.45) is 1.51. The number of hydrogen-bond donors (Lipinski definition) is 2. The van der Waals surface area contributed by atoms with Crippen molar-refractivity contribution < 1.29 is 9.72 Å². The van der Waals surface area contributed by atoms with Gasteiger partial charge in [-0.1, -0.05) is 11.6 Å². The van der Waals surface area contributed by atoms with Crippen molar-refractivity contribution in [3.05, 3.63) is 45.1 Å². The molecule has 1 aromatic carbocycles. The van der Waals surface area contributed by atoms with E-state index in [1.54, 1.807) is 13.1 Å². The summed E-state index contributed by atoms with van der Waals surface area (Å²) in [7, 11) is 1.65. The summed E-state index contributed by atoms with van der Waals surface area (Å²) in [5.41, 5.74) is 4.95. The summed E-state index contributed by atoms with van der Waals surface area (Å²) in [5.74, 6) is -0.0933. The molecule has 0 spiro atoms. The first kappa shape index (κ1) is 13.8. The highest BCUT2D eigenvalue weighted by atomic mass is 35.5. The minimum Gasteiger partial charge on any atom is -0.392 e. The normalized spacial score (nSPS) is 10.3. The Labute approximate surface area is 118 Å². The number of nitrogens with two attached hydrogens (primary N) is 1. The van der Waals surface area contributed by atoms with Crippen LogP contribution in [0.1, 0.15) is 10.4 Å². The minimum atomic E-state index is -0.692. The SMILES string of the molecule is Cn1nccc1NC(=O)c1cc(Cl)c(N)c([N+](=O)[O-])c1. The summed E-state index contributed by atoms with van der Waals surface area (Å²) >= 11 is 5.79. The van der Waals surface area contributed by atoms with Crippen molar-refractivity contribution in [2.45, 2.75) is 0 Å². The average Bonchev–Trinajstić information content (AvgIpc) is 2.77. The lowest BCUT2D eigenvalue weighted by atomic mass is 10.1. The van der Waals surface area contributed by atoms with Gasteiger partial charge in [0.15, 0.2) is 0 Å². The first-order valence-corrected chi connectivity index (χ1v) is 5.80. The number of nitrogens with zero attached hydrogens (tertiary/aromatic N) is 3. The molecule has 0 fully saturated rings. The maximum Gasteiger partial charge on any atom is 0.294 e. The van der Waals surface area contributed by atoms with E-state index in [0.29, 0.717) is 5.82 Å². The van der Waals surface area contributed by atoms with Crippen molar-refractivity contribution in [1.82, 2.24) is 9.78 Å². The van der Waals surface area contributed by atoms with E-state index in [4.69, 9.17) is 17.3 Å². The van der Waals surface area contributed by atoms with Gasteiger partial charge in [0.1, 0.15) is 11.5 Å². The van der Waals surface area contributed by atoms with Crippen LogP contribution in [-0.2, 0) is 7.05 Å². The smallest absolute Gasteiger partial charge is 0.294 e. The van der Waals surface area contributed by atoms with E-state index < -0.39 is 16.5 Å². The second-order valence-corrected chi connectivity index (χ2v) is 4.35. The topological polar surface area (TPSA) is 116 Å².